The van der Waals surface area contributed by atoms with E-state index >= 15 is 0 Å². The molecule has 8 heteroatoms. The molecule has 0 bridgehead atoms. The second kappa shape index (κ2) is 7.71. The van der Waals surface area contributed by atoms with Gasteiger partial charge < -0.3 is 30.3 Å². The molecule has 1 aromatic carbocycles. The molecule has 0 aromatic heterocycles. The number of ether oxygens (including phenoxy) is 1. The average molecular weight is 386 g/mol. The van der Waals surface area contributed by atoms with Crippen LogP contribution in [0, 0.1) is 0 Å². The molecule has 3 N–H and O–H groups in total. The third-order valence-electron chi connectivity index (χ3n) is 5.69. The van der Waals surface area contributed by atoms with E-state index in [1.807, 2.05) is 0 Å². The van der Waals surface area contributed by atoms with Crippen LogP contribution in [0.25, 0.3) is 0 Å². The quantitative estimate of drug-likeness (QED) is 0.710. The summed E-state index contributed by atoms with van der Waals surface area (Å²) in [6.07, 6.45) is 3.71. The van der Waals surface area contributed by atoms with Crippen LogP contribution in [0.3, 0.4) is 0 Å². The molecule has 3 heterocycles. The third kappa shape index (κ3) is 3.52. The molecule has 0 radical (unpaired) electrons. The fourth-order valence-electron chi connectivity index (χ4n) is 4.18. The molecule has 0 aliphatic carbocycles. The minimum Gasteiger partial charge on any atom is -0.504 e. The molecule has 0 saturated carbocycles. The number of benzene rings is 1. The Labute approximate surface area is 164 Å². The first-order valence-corrected chi connectivity index (χ1v) is 9.76. The molecule has 1 aromatic rings. The van der Waals surface area contributed by atoms with E-state index in [2.05, 4.69) is 15.5 Å². The molecule has 28 heavy (non-hydrogen) atoms. The van der Waals surface area contributed by atoms with Crippen LogP contribution in [-0.2, 0) is 4.79 Å². The van der Waals surface area contributed by atoms with Crippen LogP contribution in [-0.4, -0.2) is 66.7 Å². The van der Waals surface area contributed by atoms with E-state index in [-0.39, 0.29) is 17.7 Å². The first kappa shape index (κ1) is 18.6. The summed E-state index contributed by atoms with van der Waals surface area (Å²) >= 11 is 0. The number of carbonyl (C=O) groups excluding carboxylic acids is 2. The van der Waals surface area contributed by atoms with Crippen molar-refractivity contribution in [2.45, 2.75) is 25.3 Å². The Morgan fingerprint density at radius 3 is 2.71 bits per heavy atom. The average Bonchev–Trinajstić information content (AvgIpc) is 3.02. The summed E-state index contributed by atoms with van der Waals surface area (Å²) in [5, 5.41) is 15.5. The largest absolute Gasteiger partial charge is 0.504 e. The number of likely N-dealkylation sites (tertiary alicyclic amines) is 1. The second-order valence-electron chi connectivity index (χ2n) is 7.48. The van der Waals surface area contributed by atoms with E-state index < -0.39 is 6.04 Å². The highest BCUT2D eigenvalue weighted by molar-refractivity contribution is 6.01. The smallest absolute Gasteiger partial charge is 0.319 e. The number of urea groups is 1. The predicted molar refractivity (Wildman–Crippen MR) is 103 cm³/mol. The molecule has 0 unspecified atom stereocenters. The number of piperidine rings is 1. The molecule has 8 nitrogen and oxygen atoms in total. The number of hydrogen-bond acceptors (Lipinski definition) is 5. The van der Waals surface area contributed by atoms with Crippen LogP contribution in [0.4, 0.5) is 4.79 Å². The van der Waals surface area contributed by atoms with Gasteiger partial charge in [-0.15, -0.1) is 0 Å². The molecule has 1 fully saturated rings. The van der Waals surface area contributed by atoms with Crippen LogP contribution >= 0.6 is 0 Å². The summed E-state index contributed by atoms with van der Waals surface area (Å²) in [5.74, 6) is 0.262. The van der Waals surface area contributed by atoms with Gasteiger partial charge in [-0.05, 0) is 43.6 Å². The van der Waals surface area contributed by atoms with Gasteiger partial charge in [0.05, 0.1) is 31.0 Å². The number of carbonyl (C=O) groups is 2. The molecule has 150 valence electrons. The first-order chi connectivity index (χ1) is 13.6. The molecule has 1 saturated heterocycles. The van der Waals surface area contributed by atoms with Crippen molar-refractivity contribution in [3.63, 3.8) is 0 Å². The molecule has 3 amide bonds. The molecular formula is C20H26N4O4. The standard InChI is InChI=1S/C20H26N4O4/c1-28-16-11-13(5-6-15(16)25)18-17-14(21-20(27)22-18)12-24(19(17)26)10-9-23-7-3-2-4-8-23/h5-6,11,18,25H,2-4,7-10,12H2,1H3,(H2,21,22,27)/t18-/m0/s1. The number of nitrogens with zero attached hydrogens (tertiary/aromatic N) is 2. The maximum atomic E-state index is 13.1. The summed E-state index contributed by atoms with van der Waals surface area (Å²) in [6, 6.07) is 3.96. The highest BCUT2D eigenvalue weighted by Crippen LogP contribution is 2.36. The summed E-state index contributed by atoms with van der Waals surface area (Å²) < 4.78 is 5.17. The van der Waals surface area contributed by atoms with Crippen molar-refractivity contribution in [1.82, 2.24) is 20.4 Å². The van der Waals surface area contributed by atoms with Crippen molar-refractivity contribution in [1.29, 1.82) is 0 Å². The van der Waals surface area contributed by atoms with Gasteiger partial charge in [0.15, 0.2) is 11.5 Å². The number of methoxy groups -OCH3 is 1. The number of nitrogens with one attached hydrogen (secondary N) is 2. The minimum atomic E-state index is -0.564. The number of hydrogen-bond donors (Lipinski definition) is 3. The second-order valence-corrected chi connectivity index (χ2v) is 7.48. The molecular weight excluding hydrogens is 360 g/mol. The van der Waals surface area contributed by atoms with E-state index in [0.717, 1.165) is 19.6 Å². The summed E-state index contributed by atoms with van der Waals surface area (Å²) in [5.41, 5.74) is 1.92. The Morgan fingerprint density at radius 2 is 1.96 bits per heavy atom. The lowest BCUT2D eigenvalue weighted by molar-refractivity contribution is -0.126. The Balaban J connectivity index is 1.52. The van der Waals surface area contributed by atoms with Crippen molar-refractivity contribution in [2.75, 3.05) is 39.8 Å². The number of rotatable bonds is 5. The van der Waals surface area contributed by atoms with Gasteiger partial charge in [0.2, 0.25) is 0 Å². The number of aromatic hydroxyl groups is 1. The van der Waals surface area contributed by atoms with Gasteiger partial charge in [0, 0.05) is 13.1 Å². The van der Waals surface area contributed by atoms with Crippen LogP contribution in [0.15, 0.2) is 29.5 Å². The van der Waals surface area contributed by atoms with Crippen molar-refractivity contribution in [3.8, 4) is 11.5 Å². The van der Waals surface area contributed by atoms with Crippen LogP contribution in [0.2, 0.25) is 0 Å². The topological polar surface area (TPSA) is 94.1 Å². The van der Waals surface area contributed by atoms with E-state index in [4.69, 9.17) is 4.74 Å². The lowest BCUT2D eigenvalue weighted by Gasteiger charge is -2.28. The van der Waals surface area contributed by atoms with Crippen LogP contribution in [0.5, 0.6) is 11.5 Å². The van der Waals surface area contributed by atoms with Gasteiger partial charge in [-0.25, -0.2) is 4.79 Å². The Bertz CT molecular complexity index is 816. The zero-order valence-electron chi connectivity index (χ0n) is 16.0. The zero-order chi connectivity index (χ0) is 19.7. The van der Waals surface area contributed by atoms with Crippen LogP contribution in [0.1, 0.15) is 30.9 Å². The van der Waals surface area contributed by atoms with Crippen molar-refractivity contribution < 1.29 is 19.4 Å². The molecule has 4 rings (SSSR count). The molecule has 0 spiro atoms. The van der Waals surface area contributed by atoms with E-state index in [0.29, 0.717) is 35.7 Å². The van der Waals surface area contributed by atoms with Crippen molar-refractivity contribution in [2.24, 2.45) is 0 Å². The number of phenols is 1. The normalized spacial score (nSPS) is 22.8. The maximum absolute atomic E-state index is 13.1. The van der Waals surface area contributed by atoms with Crippen molar-refractivity contribution >= 4 is 11.9 Å². The lowest BCUT2D eigenvalue weighted by atomic mass is 9.96. The zero-order valence-corrected chi connectivity index (χ0v) is 16.0. The number of amides is 3. The highest BCUT2D eigenvalue weighted by Gasteiger charge is 2.40. The van der Waals surface area contributed by atoms with E-state index in [9.17, 15) is 14.7 Å². The van der Waals surface area contributed by atoms with Gasteiger partial charge in [-0.2, -0.15) is 0 Å². The van der Waals surface area contributed by atoms with E-state index in [1.54, 1.807) is 17.0 Å². The molecule has 3 aliphatic rings. The fraction of sp³-hybridized carbons (Fsp3) is 0.500. The highest BCUT2D eigenvalue weighted by atomic mass is 16.5. The van der Waals surface area contributed by atoms with Gasteiger partial charge in [-0.3, -0.25) is 4.79 Å². The Hall–Kier alpha value is -2.74. The lowest BCUT2D eigenvalue weighted by Crippen LogP contribution is -2.44. The van der Waals surface area contributed by atoms with Gasteiger partial charge in [0.1, 0.15) is 0 Å². The molecule has 1 atom stereocenters. The minimum absolute atomic E-state index is 0.0154. The summed E-state index contributed by atoms with van der Waals surface area (Å²) in [4.78, 5) is 29.5. The third-order valence-corrected chi connectivity index (χ3v) is 5.69. The number of phenolic OH excluding ortho intramolecular Hbond substituents is 1. The predicted octanol–water partition coefficient (Wildman–Crippen LogP) is 1.34. The fourth-order valence-corrected chi connectivity index (χ4v) is 4.18. The van der Waals surface area contributed by atoms with Crippen LogP contribution < -0.4 is 15.4 Å². The summed E-state index contributed by atoms with van der Waals surface area (Å²) in [7, 11) is 1.47. The van der Waals surface area contributed by atoms with Gasteiger partial charge in [0.25, 0.3) is 5.91 Å². The maximum Gasteiger partial charge on any atom is 0.319 e. The van der Waals surface area contributed by atoms with Gasteiger partial charge >= 0.3 is 6.03 Å². The Morgan fingerprint density at radius 1 is 1.18 bits per heavy atom. The first-order valence-electron chi connectivity index (χ1n) is 9.76. The SMILES string of the molecule is COc1cc([C@@H]2NC(=O)NC3=C2C(=O)N(CCN2CCCCC2)C3)ccc1O. The monoisotopic (exact) mass is 386 g/mol. The summed E-state index contributed by atoms with van der Waals surface area (Å²) in [6.45, 7) is 4.09. The Kier molecular flexibility index (Phi) is 5.13. The van der Waals surface area contributed by atoms with E-state index in [1.165, 1.54) is 32.4 Å². The van der Waals surface area contributed by atoms with Gasteiger partial charge in [-0.1, -0.05) is 12.5 Å². The van der Waals surface area contributed by atoms with Crippen molar-refractivity contribution in [3.05, 3.63) is 35.0 Å². The molecule has 3 aliphatic heterocycles.